The van der Waals surface area contributed by atoms with Crippen LogP contribution in [0.25, 0.3) is 0 Å². The summed E-state index contributed by atoms with van der Waals surface area (Å²) in [4.78, 5) is 7.75. The molecular weight excluding hydrogens is 206 g/mol. The summed E-state index contributed by atoms with van der Waals surface area (Å²) in [6.45, 7) is 3.27. The van der Waals surface area contributed by atoms with Crippen molar-refractivity contribution in [3.05, 3.63) is 11.1 Å². The van der Waals surface area contributed by atoms with Crippen LogP contribution < -0.4 is 10.2 Å². The zero-order chi connectivity index (χ0) is 10.9. The third-order valence-corrected chi connectivity index (χ3v) is 4.24. The molecule has 0 bridgehead atoms. The van der Waals surface area contributed by atoms with Crippen LogP contribution in [0, 0.1) is 0 Å². The van der Waals surface area contributed by atoms with E-state index in [9.17, 15) is 0 Å². The Morgan fingerprint density at radius 1 is 1.53 bits per heavy atom. The van der Waals surface area contributed by atoms with Crippen molar-refractivity contribution >= 4 is 16.5 Å². The van der Waals surface area contributed by atoms with Gasteiger partial charge in [0.05, 0.1) is 0 Å². The zero-order valence-electron chi connectivity index (χ0n) is 9.71. The van der Waals surface area contributed by atoms with Gasteiger partial charge in [-0.2, -0.15) is 0 Å². The van der Waals surface area contributed by atoms with E-state index in [1.54, 1.807) is 11.3 Å². The molecule has 3 nitrogen and oxygen atoms in total. The smallest absolute Gasteiger partial charge is 0.185 e. The first-order valence-electron chi connectivity index (χ1n) is 5.46. The monoisotopic (exact) mass is 225 g/mol. The number of rotatable bonds is 4. The fraction of sp³-hybridized carbons (Fsp3) is 0.727. The maximum absolute atomic E-state index is 4.36. The van der Waals surface area contributed by atoms with Gasteiger partial charge < -0.3 is 10.2 Å². The molecule has 0 radical (unpaired) electrons. The highest BCUT2D eigenvalue weighted by molar-refractivity contribution is 7.15. The maximum atomic E-state index is 4.36. The van der Waals surface area contributed by atoms with E-state index < -0.39 is 0 Å². The van der Waals surface area contributed by atoms with Gasteiger partial charge in [-0.05, 0) is 26.2 Å². The van der Waals surface area contributed by atoms with E-state index in [1.807, 2.05) is 20.3 Å². The minimum Gasteiger partial charge on any atom is -0.354 e. The van der Waals surface area contributed by atoms with Crippen molar-refractivity contribution in [3.8, 4) is 0 Å². The van der Waals surface area contributed by atoms with Crippen LogP contribution in [-0.4, -0.2) is 24.6 Å². The van der Waals surface area contributed by atoms with Crippen molar-refractivity contribution in [1.29, 1.82) is 0 Å². The van der Waals surface area contributed by atoms with E-state index in [2.05, 4.69) is 22.1 Å². The summed E-state index contributed by atoms with van der Waals surface area (Å²) in [5, 5.41) is 4.70. The molecule has 0 amide bonds. The lowest BCUT2D eigenvalue weighted by atomic mass is 9.78. The normalized spacial score (nSPS) is 18.6. The van der Waals surface area contributed by atoms with Crippen LogP contribution in [0.4, 0.5) is 5.13 Å². The van der Waals surface area contributed by atoms with Gasteiger partial charge in [0.1, 0.15) is 0 Å². The lowest BCUT2D eigenvalue weighted by Gasteiger charge is -2.39. The molecular formula is C11H19N3S. The van der Waals surface area contributed by atoms with E-state index >= 15 is 0 Å². The van der Waals surface area contributed by atoms with Crippen molar-refractivity contribution in [3.63, 3.8) is 0 Å². The van der Waals surface area contributed by atoms with Crippen LogP contribution in [0.15, 0.2) is 6.20 Å². The van der Waals surface area contributed by atoms with Crippen molar-refractivity contribution < 1.29 is 0 Å². The summed E-state index contributed by atoms with van der Waals surface area (Å²) in [5.74, 6) is 0. The third kappa shape index (κ3) is 2.49. The number of aromatic nitrogens is 1. The molecule has 1 aliphatic rings. The summed E-state index contributed by atoms with van der Waals surface area (Å²) >= 11 is 1.77. The van der Waals surface area contributed by atoms with E-state index in [1.165, 1.54) is 24.1 Å². The Balaban J connectivity index is 1.88. The molecule has 1 aromatic rings. The van der Waals surface area contributed by atoms with Crippen LogP contribution in [0.5, 0.6) is 0 Å². The number of hydrogen-bond acceptors (Lipinski definition) is 4. The van der Waals surface area contributed by atoms with E-state index in [0.29, 0.717) is 5.54 Å². The van der Waals surface area contributed by atoms with Crippen molar-refractivity contribution in [2.45, 2.75) is 38.3 Å². The maximum Gasteiger partial charge on any atom is 0.185 e. The van der Waals surface area contributed by atoms with Gasteiger partial charge in [-0.3, -0.25) is 0 Å². The minimum absolute atomic E-state index is 0.391. The van der Waals surface area contributed by atoms with Crippen molar-refractivity contribution in [1.82, 2.24) is 10.3 Å². The van der Waals surface area contributed by atoms with Gasteiger partial charge in [0.15, 0.2) is 5.13 Å². The average Bonchev–Trinajstić information content (AvgIpc) is 2.60. The molecule has 0 atom stereocenters. The lowest BCUT2D eigenvalue weighted by Crippen LogP contribution is -2.47. The minimum atomic E-state index is 0.391. The molecule has 84 valence electrons. The molecule has 1 N–H and O–H groups in total. The first-order chi connectivity index (χ1) is 7.09. The molecule has 4 heteroatoms. The van der Waals surface area contributed by atoms with Crippen molar-refractivity contribution in [2.24, 2.45) is 0 Å². The van der Waals surface area contributed by atoms with Crippen molar-refractivity contribution in [2.75, 3.05) is 19.0 Å². The highest BCUT2D eigenvalue weighted by Gasteiger charge is 2.30. The third-order valence-electron chi connectivity index (χ3n) is 3.07. The summed E-state index contributed by atoms with van der Waals surface area (Å²) in [6, 6.07) is 0. The van der Waals surface area contributed by atoms with Gasteiger partial charge in [-0.15, -0.1) is 11.3 Å². The number of anilines is 1. The van der Waals surface area contributed by atoms with Gasteiger partial charge in [0.25, 0.3) is 0 Å². The molecule has 0 aliphatic heterocycles. The highest BCUT2D eigenvalue weighted by Crippen LogP contribution is 2.31. The largest absolute Gasteiger partial charge is 0.354 e. The van der Waals surface area contributed by atoms with Gasteiger partial charge in [0.2, 0.25) is 0 Å². The Bertz CT molecular complexity index is 328. The summed E-state index contributed by atoms with van der Waals surface area (Å²) in [5.41, 5.74) is 0.391. The predicted molar refractivity (Wildman–Crippen MR) is 65.5 cm³/mol. The molecule has 1 fully saturated rings. The Morgan fingerprint density at radius 3 is 2.73 bits per heavy atom. The fourth-order valence-electron chi connectivity index (χ4n) is 1.77. The first-order valence-corrected chi connectivity index (χ1v) is 6.28. The molecule has 1 heterocycles. The molecule has 0 aromatic carbocycles. The molecule has 1 aliphatic carbocycles. The number of hydrogen-bond donors (Lipinski definition) is 1. The topological polar surface area (TPSA) is 28.2 Å². The van der Waals surface area contributed by atoms with Gasteiger partial charge in [0, 0.05) is 37.3 Å². The standard InChI is InChI=1S/C11H19N3S/c1-11(5-4-6-11)13-8-9-7-12-10(15-9)14(2)3/h7,13H,4-6,8H2,1-3H3. The molecule has 0 saturated heterocycles. The number of nitrogens with zero attached hydrogens (tertiary/aromatic N) is 2. The van der Waals surface area contributed by atoms with Crippen LogP contribution >= 0.6 is 11.3 Å². The van der Waals surface area contributed by atoms with Crippen LogP contribution in [0.3, 0.4) is 0 Å². The van der Waals surface area contributed by atoms with Crippen LogP contribution in [0.2, 0.25) is 0 Å². The second kappa shape index (κ2) is 4.10. The van der Waals surface area contributed by atoms with E-state index in [-0.39, 0.29) is 0 Å². The Hall–Kier alpha value is -0.610. The molecule has 2 rings (SSSR count). The Morgan fingerprint density at radius 2 is 2.27 bits per heavy atom. The van der Waals surface area contributed by atoms with Crippen LogP contribution in [-0.2, 0) is 6.54 Å². The van der Waals surface area contributed by atoms with Gasteiger partial charge >= 0.3 is 0 Å². The second-order valence-corrected chi connectivity index (χ2v) is 5.86. The molecule has 0 spiro atoms. The van der Waals surface area contributed by atoms with Gasteiger partial charge in [-0.1, -0.05) is 0 Å². The van der Waals surface area contributed by atoms with Crippen LogP contribution in [0.1, 0.15) is 31.1 Å². The molecule has 15 heavy (non-hydrogen) atoms. The first kappa shape index (κ1) is 10.9. The quantitative estimate of drug-likeness (QED) is 0.852. The predicted octanol–water partition coefficient (Wildman–Crippen LogP) is 2.24. The average molecular weight is 225 g/mol. The zero-order valence-corrected chi connectivity index (χ0v) is 10.5. The Labute approximate surface area is 95.5 Å². The molecule has 1 aromatic heterocycles. The molecule has 0 unspecified atom stereocenters. The van der Waals surface area contributed by atoms with E-state index in [0.717, 1.165) is 11.7 Å². The number of nitrogens with one attached hydrogen (secondary N) is 1. The SMILES string of the molecule is CN(C)c1ncc(CNC2(C)CCC2)s1. The Kier molecular flexibility index (Phi) is 2.98. The van der Waals surface area contributed by atoms with E-state index in [4.69, 9.17) is 0 Å². The lowest BCUT2D eigenvalue weighted by molar-refractivity contribution is 0.207. The second-order valence-electron chi connectivity index (χ2n) is 4.77. The summed E-state index contributed by atoms with van der Waals surface area (Å²) in [7, 11) is 4.06. The highest BCUT2D eigenvalue weighted by atomic mass is 32.1. The fourth-order valence-corrected chi connectivity index (χ4v) is 2.54. The summed E-state index contributed by atoms with van der Waals surface area (Å²) < 4.78 is 0. The summed E-state index contributed by atoms with van der Waals surface area (Å²) in [6.07, 6.45) is 5.98. The molecule has 1 saturated carbocycles. The van der Waals surface area contributed by atoms with Gasteiger partial charge in [-0.25, -0.2) is 4.98 Å². The number of thiazole rings is 1.